The monoisotopic (exact) mass is 438 g/mol. The average Bonchev–Trinajstić information content (AvgIpc) is 3.01. The molecule has 7 nitrogen and oxygen atoms in total. The van der Waals surface area contributed by atoms with Crippen LogP contribution in [0.1, 0.15) is 13.3 Å². The number of hydrogen-bond acceptors (Lipinski definition) is 4. The molecule has 8 heteroatoms. The first-order valence-electron chi connectivity index (χ1n) is 7.91. The summed E-state index contributed by atoms with van der Waals surface area (Å²) in [6, 6.07) is 0. The molecule has 0 bridgehead atoms. The number of guanidine groups is 1. The summed E-state index contributed by atoms with van der Waals surface area (Å²) in [5.74, 6) is 0.868. The maximum atomic E-state index is 5.06. The van der Waals surface area contributed by atoms with Gasteiger partial charge in [-0.1, -0.05) is 0 Å². The molecule has 1 rings (SSSR count). The number of nitrogens with one attached hydrogen (secondary N) is 2. The first kappa shape index (κ1) is 22.1. The number of likely N-dealkylation sites (N-methyl/N-ethyl adjacent to an activating group) is 1. The van der Waals surface area contributed by atoms with Gasteiger partial charge in [0.05, 0.1) is 12.9 Å². The van der Waals surface area contributed by atoms with Crippen LogP contribution < -0.4 is 10.6 Å². The largest absolute Gasteiger partial charge is 0.385 e. The summed E-state index contributed by atoms with van der Waals surface area (Å²) in [5.41, 5.74) is 0. The highest BCUT2D eigenvalue weighted by molar-refractivity contribution is 14.0. The molecular formula is C15H31IN6O. The molecule has 134 valence electrons. The summed E-state index contributed by atoms with van der Waals surface area (Å²) >= 11 is 0. The molecule has 0 atom stereocenters. The third-order valence-electron chi connectivity index (χ3n) is 3.21. The first-order chi connectivity index (χ1) is 10.8. The third kappa shape index (κ3) is 11.3. The molecular weight excluding hydrogens is 407 g/mol. The highest BCUT2D eigenvalue weighted by atomic mass is 127. The van der Waals surface area contributed by atoms with Gasteiger partial charge in [-0.25, -0.2) is 4.98 Å². The number of nitrogens with zero attached hydrogens (tertiary/aromatic N) is 4. The fourth-order valence-electron chi connectivity index (χ4n) is 1.99. The molecule has 0 amide bonds. The van der Waals surface area contributed by atoms with E-state index < -0.39 is 0 Å². The molecule has 0 fully saturated rings. The predicted octanol–water partition coefficient (Wildman–Crippen LogP) is 1.02. The lowest BCUT2D eigenvalue weighted by Gasteiger charge is -2.16. The minimum atomic E-state index is 0. The second-order valence-electron chi connectivity index (χ2n) is 5.14. The fourth-order valence-corrected chi connectivity index (χ4v) is 1.99. The van der Waals surface area contributed by atoms with Crippen molar-refractivity contribution in [3.05, 3.63) is 18.7 Å². The lowest BCUT2D eigenvalue weighted by atomic mass is 10.4. The third-order valence-corrected chi connectivity index (χ3v) is 3.21. The molecule has 0 saturated heterocycles. The highest BCUT2D eigenvalue weighted by Gasteiger charge is 1.99. The van der Waals surface area contributed by atoms with Crippen molar-refractivity contribution in [2.75, 3.05) is 53.5 Å². The number of halogens is 1. The number of aliphatic imine (C=N–C) groups is 1. The molecule has 0 unspecified atom stereocenters. The smallest absolute Gasteiger partial charge is 0.191 e. The Morgan fingerprint density at radius 1 is 1.35 bits per heavy atom. The first-order valence-corrected chi connectivity index (χ1v) is 7.91. The van der Waals surface area contributed by atoms with Crippen molar-refractivity contribution in [2.45, 2.75) is 19.9 Å². The second kappa shape index (κ2) is 14.7. The second-order valence-corrected chi connectivity index (χ2v) is 5.14. The van der Waals surface area contributed by atoms with E-state index in [4.69, 9.17) is 4.74 Å². The van der Waals surface area contributed by atoms with Gasteiger partial charge < -0.3 is 24.8 Å². The zero-order valence-corrected chi connectivity index (χ0v) is 16.8. The standard InChI is InChI=1S/C15H30N6O.HI/c1-4-17-15(19-8-12-21-11-6-16-14-21)18-7-10-20(2)9-5-13-22-3;/h6,11,14H,4-5,7-10,12-13H2,1-3H3,(H2,17,18,19);1H. The molecule has 1 aromatic rings. The summed E-state index contributed by atoms with van der Waals surface area (Å²) in [6.45, 7) is 8.21. The Bertz CT molecular complexity index is 399. The van der Waals surface area contributed by atoms with Crippen LogP contribution in [0.4, 0.5) is 0 Å². The predicted molar refractivity (Wildman–Crippen MR) is 106 cm³/mol. The molecule has 0 saturated carbocycles. The van der Waals surface area contributed by atoms with E-state index >= 15 is 0 Å². The van der Waals surface area contributed by atoms with E-state index in [1.165, 1.54) is 0 Å². The Morgan fingerprint density at radius 2 is 2.17 bits per heavy atom. The van der Waals surface area contributed by atoms with Gasteiger partial charge in [0, 0.05) is 58.8 Å². The Hall–Kier alpha value is -0.870. The summed E-state index contributed by atoms with van der Waals surface area (Å²) in [6.07, 6.45) is 6.63. The van der Waals surface area contributed by atoms with Gasteiger partial charge in [-0.3, -0.25) is 4.99 Å². The van der Waals surface area contributed by atoms with E-state index in [1.54, 1.807) is 13.3 Å². The lowest BCUT2D eigenvalue weighted by molar-refractivity contribution is 0.180. The van der Waals surface area contributed by atoms with E-state index in [2.05, 4.69) is 39.5 Å². The van der Waals surface area contributed by atoms with Crippen LogP contribution in [-0.2, 0) is 11.3 Å². The van der Waals surface area contributed by atoms with Crippen LogP contribution in [0.5, 0.6) is 0 Å². The van der Waals surface area contributed by atoms with E-state index in [-0.39, 0.29) is 24.0 Å². The summed E-state index contributed by atoms with van der Waals surface area (Å²) in [5, 5.41) is 6.60. The van der Waals surface area contributed by atoms with Crippen LogP contribution >= 0.6 is 24.0 Å². The molecule has 0 radical (unpaired) electrons. The van der Waals surface area contributed by atoms with E-state index in [0.29, 0.717) is 0 Å². The molecule has 0 aliphatic rings. The Morgan fingerprint density at radius 3 is 2.83 bits per heavy atom. The summed E-state index contributed by atoms with van der Waals surface area (Å²) in [7, 11) is 3.85. The molecule has 1 heterocycles. The van der Waals surface area contributed by atoms with Crippen molar-refractivity contribution in [1.82, 2.24) is 25.1 Å². The number of imidazole rings is 1. The SMILES string of the molecule is CCNC(=NCCN(C)CCCOC)NCCn1ccnc1.I. The number of aromatic nitrogens is 2. The van der Waals surface area contributed by atoms with Crippen molar-refractivity contribution < 1.29 is 4.74 Å². The highest BCUT2D eigenvalue weighted by Crippen LogP contribution is 1.89. The van der Waals surface area contributed by atoms with E-state index in [9.17, 15) is 0 Å². The van der Waals surface area contributed by atoms with Crippen LogP contribution in [0.3, 0.4) is 0 Å². The Labute approximate surface area is 156 Å². The number of ether oxygens (including phenoxy) is 1. The molecule has 0 aliphatic carbocycles. The Balaban J connectivity index is 0.00000484. The minimum absolute atomic E-state index is 0. The van der Waals surface area contributed by atoms with Gasteiger partial charge >= 0.3 is 0 Å². The van der Waals surface area contributed by atoms with Crippen molar-refractivity contribution in [1.29, 1.82) is 0 Å². The Kier molecular flexibility index (Phi) is 14.1. The van der Waals surface area contributed by atoms with Crippen molar-refractivity contribution in [3.8, 4) is 0 Å². The van der Waals surface area contributed by atoms with E-state index in [0.717, 1.165) is 58.3 Å². The van der Waals surface area contributed by atoms with Crippen molar-refractivity contribution in [3.63, 3.8) is 0 Å². The van der Waals surface area contributed by atoms with Crippen LogP contribution in [0.2, 0.25) is 0 Å². The van der Waals surface area contributed by atoms with Crippen molar-refractivity contribution in [2.24, 2.45) is 4.99 Å². The van der Waals surface area contributed by atoms with Gasteiger partial charge in [0.25, 0.3) is 0 Å². The van der Waals surface area contributed by atoms with Crippen molar-refractivity contribution >= 4 is 29.9 Å². The quantitative estimate of drug-likeness (QED) is 0.234. The number of methoxy groups -OCH3 is 1. The molecule has 0 aromatic carbocycles. The van der Waals surface area contributed by atoms with Gasteiger partial charge in [-0.05, 0) is 20.4 Å². The fraction of sp³-hybridized carbons (Fsp3) is 0.733. The van der Waals surface area contributed by atoms with E-state index in [1.807, 2.05) is 17.1 Å². The van der Waals surface area contributed by atoms with Gasteiger partial charge in [0.1, 0.15) is 0 Å². The normalized spacial score (nSPS) is 11.4. The molecule has 23 heavy (non-hydrogen) atoms. The van der Waals surface area contributed by atoms with Gasteiger partial charge in [0.2, 0.25) is 0 Å². The zero-order chi connectivity index (χ0) is 16.0. The average molecular weight is 438 g/mol. The van der Waals surface area contributed by atoms with Crippen LogP contribution in [0.25, 0.3) is 0 Å². The van der Waals surface area contributed by atoms with Gasteiger partial charge in [0.15, 0.2) is 5.96 Å². The zero-order valence-electron chi connectivity index (χ0n) is 14.5. The number of hydrogen-bond donors (Lipinski definition) is 2. The minimum Gasteiger partial charge on any atom is -0.385 e. The molecule has 0 spiro atoms. The van der Waals surface area contributed by atoms with Crippen LogP contribution in [0.15, 0.2) is 23.7 Å². The molecule has 1 aromatic heterocycles. The maximum Gasteiger partial charge on any atom is 0.191 e. The molecule has 2 N–H and O–H groups in total. The number of rotatable bonds is 11. The summed E-state index contributed by atoms with van der Waals surface area (Å²) < 4.78 is 7.10. The summed E-state index contributed by atoms with van der Waals surface area (Å²) in [4.78, 5) is 10.9. The van der Waals surface area contributed by atoms with Crippen LogP contribution in [0, 0.1) is 0 Å². The maximum absolute atomic E-state index is 5.06. The van der Waals surface area contributed by atoms with Gasteiger partial charge in [-0.15, -0.1) is 24.0 Å². The molecule has 0 aliphatic heterocycles. The van der Waals surface area contributed by atoms with Crippen LogP contribution in [-0.4, -0.2) is 73.9 Å². The lowest BCUT2D eigenvalue weighted by Crippen LogP contribution is -2.39. The topological polar surface area (TPSA) is 66.7 Å². The van der Waals surface area contributed by atoms with Gasteiger partial charge in [-0.2, -0.15) is 0 Å².